The lowest BCUT2D eigenvalue weighted by Crippen LogP contribution is -2.32. The van der Waals surface area contributed by atoms with Crippen molar-refractivity contribution in [1.82, 2.24) is 5.32 Å². The molecule has 0 unspecified atom stereocenters. The lowest BCUT2D eigenvalue weighted by molar-refractivity contribution is 0.0979. The number of carbonyl (C=O) groups is 1. The van der Waals surface area contributed by atoms with Crippen LogP contribution in [0.3, 0.4) is 0 Å². The normalized spacial score (nSPS) is 16.2. The smallest absolute Gasteiger partial charge is 0.182 e. The molecule has 1 aliphatic rings. The minimum atomic E-state index is -0.826. The summed E-state index contributed by atoms with van der Waals surface area (Å²) in [7, 11) is 0. The summed E-state index contributed by atoms with van der Waals surface area (Å²) in [5.74, 6) is -2.18. The number of benzene rings is 1. The van der Waals surface area contributed by atoms with Crippen LogP contribution in [0, 0.1) is 11.6 Å². The molecule has 1 fully saturated rings. The van der Waals surface area contributed by atoms with Crippen molar-refractivity contribution >= 4 is 21.7 Å². The minimum absolute atomic E-state index is 0.0189. The van der Waals surface area contributed by atoms with E-state index in [2.05, 4.69) is 21.2 Å². The van der Waals surface area contributed by atoms with Gasteiger partial charge in [0.25, 0.3) is 0 Å². The SMILES string of the molecule is O=C(CNC1CCCC1)c1c(F)ccc(Br)c1F. The Labute approximate surface area is 113 Å². The van der Waals surface area contributed by atoms with E-state index in [0.29, 0.717) is 6.04 Å². The van der Waals surface area contributed by atoms with E-state index in [1.807, 2.05) is 0 Å². The van der Waals surface area contributed by atoms with Crippen molar-refractivity contribution in [3.05, 3.63) is 33.8 Å². The van der Waals surface area contributed by atoms with E-state index >= 15 is 0 Å². The van der Waals surface area contributed by atoms with Crippen molar-refractivity contribution in [2.45, 2.75) is 31.7 Å². The molecule has 1 aromatic carbocycles. The number of carbonyl (C=O) groups excluding carboxylic acids is 1. The number of ketones is 1. The summed E-state index contributed by atoms with van der Waals surface area (Å²) in [6.07, 6.45) is 4.34. The van der Waals surface area contributed by atoms with Gasteiger partial charge in [0, 0.05) is 6.04 Å². The van der Waals surface area contributed by atoms with E-state index in [0.717, 1.165) is 31.7 Å². The molecular weight excluding hydrogens is 304 g/mol. The number of Topliss-reactive ketones (excluding diaryl/α,β-unsaturated/α-hetero) is 1. The summed E-state index contributed by atoms with van der Waals surface area (Å²) in [4.78, 5) is 11.8. The fourth-order valence-electron chi connectivity index (χ4n) is 2.24. The molecule has 0 saturated heterocycles. The van der Waals surface area contributed by atoms with Gasteiger partial charge in [-0.1, -0.05) is 12.8 Å². The molecule has 1 N–H and O–H groups in total. The summed E-state index contributed by atoms with van der Waals surface area (Å²) >= 11 is 2.95. The zero-order valence-electron chi connectivity index (χ0n) is 9.81. The van der Waals surface area contributed by atoms with Gasteiger partial charge in [0.1, 0.15) is 5.82 Å². The van der Waals surface area contributed by atoms with Crippen molar-refractivity contribution in [2.75, 3.05) is 6.54 Å². The van der Waals surface area contributed by atoms with Gasteiger partial charge in [0.05, 0.1) is 16.6 Å². The van der Waals surface area contributed by atoms with Crippen LogP contribution in [0.4, 0.5) is 8.78 Å². The van der Waals surface area contributed by atoms with Gasteiger partial charge in [-0.3, -0.25) is 4.79 Å². The van der Waals surface area contributed by atoms with Crippen LogP contribution in [0.5, 0.6) is 0 Å². The van der Waals surface area contributed by atoms with Crippen LogP contribution in [-0.2, 0) is 0 Å². The highest BCUT2D eigenvalue weighted by Crippen LogP contribution is 2.22. The molecule has 0 aromatic heterocycles. The average molecular weight is 318 g/mol. The van der Waals surface area contributed by atoms with Crippen LogP contribution in [0.25, 0.3) is 0 Å². The largest absolute Gasteiger partial charge is 0.307 e. The van der Waals surface area contributed by atoms with Gasteiger partial charge in [-0.15, -0.1) is 0 Å². The van der Waals surface area contributed by atoms with Crippen molar-refractivity contribution in [2.24, 2.45) is 0 Å². The van der Waals surface area contributed by atoms with E-state index < -0.39 is 23.0 Å². The van der Waals surface area contributed by atoms with Gasteiger partial charge >= 0.3 is 0 Å². The summed E-state index contributed by atoms with van der Waals surface area (Å²) < 4.78 is 27.3. The maximum atomic E-state index is 13.7. The first kappa shape index (κ1) is 13.6. The maximum absolute atomic E-state index is 13.7. The van der Waals surface area contributed by atoms with E-state index in [1.54, 1.807) is 0 Å². The fourth-order valence-corrected chi connectivity index (χ4v) is 2.57. The Bertz CT molecular complexity index is 459. The number of nitrogens with one attached hydrogen (secondary N) is 1. The molecular formula is C13H14BrF2NO. The molecule has 0 aliphatic heterocycles. The Kier molecular flexibility index (Phi) is 4.45. The number of rotatable bonds is 4. The second-order valence-electron chi connectivity index (χ2n) is 4.50. The standard InChI is InChI=1S/C13H14BrF2NO/c14-9-5-6-10(15)12(13(9)16)11(18)7-17-8-3-1-2-4-8/h5-6,8,17H,1-4,7H2. The number of hydrogen-bond acceptors (Lipinski definition) is 2. The third kappa shape index (κ3) is 2.95. The first-order chi connectivity index (χ1) is 8.59. The Morgan fingerprint density at radius 3 is 2.67 bits per heavy atom. The van der Waals surface area contributed by atoms with Gasteiger partial charge in [-0.25, -0.2) is 8.78 Å². The molecule has 0 atom stereocenters. The van der Waals surface area contributed by atoms with Crippen LogP contribution >= 0.6 is 15.9 Å². The molecule has 2 rings (SSSR count). The molecule has 0 amide bonds. The molecule has 2 nitrogen and oxygen atoms in total. The fraction of sp³-hybridized carbons (Fsp3) is 0.462. The molecule has 0 bridgehead atoms. The Morgan fingerprint density at radius 1 is 1.33 bits per heavy atom. The molecule has 18 heavy (non-hydrogen) atoms. The third-order valence-electron chi connectivity index (χ3n) is 3.23. The lowest BCUT2D eigenvalue weighted by Gasteiger charge is -2.11. The third-order valence-corrected chi connectivity index (χ3v) is 3.84. The molecule has 0 heterocycles. The Balaban J connectivity index is 2.06. The van der Waals surface area contributed by atoms with Crippen LogP contribution in [0.1, 0.15) is 36.0 Å². The predicted molar refractivity (Wildman–Crippen MR) is 68.6 cm³/mol. The summed E-state index contributed by atoms with van der Waals surface area (Å²) in [6, 6.07) is 2.65. The minimum Gasteiger partial charge on any atom is -0.307 e. The van der Waals surface area contributed by atoms with E-state index in [9.17, 15) is 13.6 Å². The van der Waals surface area contributed by atoms with Gasteiger partial charge in [-0.05, 0) is 40.9 Å². The van der Waals surface area contributed by atoms with E-state index in [-0.39, 0.29) is 11.0 Å². The van der Waals surface area contributed by atoms with Crippen LogP contribution in [0.15, 0.2) is 16.6 Å². The van der Waals surface area contributed by atoms with Crippen molar-refractivity contribution in [1.29, 1.82) is 0 Å². The van der Waals surface area contributed by atoms with Crippen LogP contribution in [-0.4, -0.2) is 18.4 Å². The lowest BCUT2D eigenvalue weighted by atomic mass is 10.1. The molecule has 0 radical (unpaired) electrons. The summed E-state index contributed by atoms with van der Waals surface area (Å²) in [5.41, 5.74) is -0.463. The Hall–Kier alpha value is -0.810. The van der Waals surface area contributed by atoms with Gasteiger partial charge in [0.2, 0.25) is 0 Å². The number of hydrogen-bond donors (Lipinski definition) is 1. The first-order valence-corrected chi connectivity index (χ1v) is 6.79. The van der Waals surface area contributed by atoms with Gasteiger partial charge in [0.15, 0.2) is 11.6 Å². The second-order valence-corrected chi connectivity index (χ2v) is 5.36. The average Bonchev–Trinajstić information content (AvgIpc) is 2.85. The highest BCUT2D eigenvalue weighted by atomic mass is 79.9. The molecule has 5 heteroatoms. The highest BCUT2D eigenvalue weighted by Gasteiger charge is 2.21. The van der Waals surface area contributed by atoms with Crippen molar-refractivity contribution < 1.29 is 13.6 Å². The van der Waals surface area contributed by atoms with Crippen molar-refractivity contribution in [3.63, 3.8) is 0 Å². The zero-order chi connectivity index (χ0) is 13.1. The second kappa shape index (κ2) is 5.89. The molecule has 1 aromatic rings. The molecule has 1 aliphatic carbocycles. The summed E-state index contributed by atoms with van der Waals surface area (Å²) in [6.45, 7) is -0.0189. The van der Waals surface area contributed by atoms with Gasteiger partial charge < -0.3 is 5.32 Å². The molecule has 1 saturated carbocycles. The van der Waals surface area contributed by atoms with E-state index in [1.165, 1.54) is 6.07 Å². The predicted octanol–water partition coefficient (Wildman–Crippen LogP) is 3.44. The zero-order valence-corrected chi connectivity index (χ0v) is 11.4. The van der Waals surface area contributed by atoms with Crippen LogP contribution in [0.2, 0.25) is 0 Å². The molecule has 0 spiro atoms. The first-order valence-electron chi connectivity index (χ1n) is 5.99. The van der Waals surface area contributed by atoms with E-state index in [4.69, 9.17) is 0 Å². The monoisotopic (exact) mass is 317 g/mol. The maximum Gasteiger partial charge on any atom is 0.182 e. The molecule has 98 valence electrons. The Morgan fingerprint density at radius 2 is 2.00 bits per heavy atom. The topological polar surface area (TPSA) is 29.1 Å². The van der Waals surface area contributed by atoms with Gasteiger partial charge in [-0.2, -0.15) is 0 Å². The number of halogens is 3. The van der Waals surface area contributed by atoms with Crippen LogP contribution < -0.4 is 5.32 Å². The quantitative estimate of drug-likeness (QED) is 0.681. The van der Waals surface area contributed by atoms with Crippen molar-refractivity contribution in [3.8, 4) is 0 Å². The highest BCUT2D eigenvalue weighted by molar-refractivity contribution is 9.10. The summed E-state index contributed by atoms with van der Waals surface area (Å²) in [5, 5.41) is 3.06.